The van der Waals surface area contributed by atoms with E-state index in [9.17, 15) is 4.39 Å². The minimum Gasteiger partial charge on any atom is -0.313 e. The van der Waals surface area contributed by atoms with Crippen LogP contribution in [-0.2, 0) is 6.42 Å². The molecule has 2 aromatic rings. The Morgan fingerprint density at radius 3 is 2.29 bits per heavy atom. The second-order valence-corrected chi connectivity index (χ2v) is 6.52. The van der Waals surface area contributed by atoms with Crippen molar-refractivity contribution in [3.8, 4) is 0 Å². The van der Waals surface area contributed by atoms with Crippen molar-refractivity contribution in [2.75, 3.05) is 7.05 Å². The number of likely N-dealkylation sites (N-methyl/N-ethyl adjacent to an activating group) is 1. The standard InChI is InChI=1S/C18H21BrFN/c1-12(2)14-6-4-13(5-7-14)10-18(21-3)16-9-8-15(19)11-17(16)20/h4-9,11-12,18,21H,10H2,1-3H3. The van der Waals surface area contributed by atoms with E-state index >= 15 is 0 Å². The fraction of sp³-hybridized carbons (Fsp3) is 0.333. The van der Waals surface area contributed by atoms with E-state index in [-0.39, 0.29) is 11.9 Å². The number of nitrogens with one attached hydrogen (secondary N) is 1. The molecule has 0 radical (unpaired) electrons. The third-order valence-corrected chi connectivity index (χ3v) is 4.27. The summed E-state index contributed by atoms with van der Waals surface area (Å²) in [5.74, 6) is 0.352. The maximum atomic E-state index is 14.1. The van der Waals surface area contributed by atoms with Crippen LogP contribution in [0.5, 0.6) is 0 Å². The van der Waals surface area contributed by atoms with Gasteiger partial charge in [0.15, 0.2) is 0 Å². The number of hydrogen-bond acceptors (Lipinski definition) is 1. The lowest BCUT2D eigenvalue weighted by atomic mass is 9.96. The molecule has 1 atom stereocenters. The molecule has 0 heterocycles. The van der Waals surface area contributed by atoms with Crippen molar-refractivity contribution in [1.82, 2.24) is 5.32 Å². The van der Waals surface area contributed by atoms with E-state index in [0.717, 1.165) is 10.9 Å². The highest BCUT2D eigenvalue weighted by Crippen LogP contribution is 2.24. The summed E-state index contributed by atoms with van der Waals surface area (Å²) in [7, 11) is 1.87. The highest BCUT2D eigenvalue weighted by atomic mass is 79.9. The molecule has 2 aromatic carbocycles. The molecule has 0 saturated carbocycles. The van der Waals surface area contributed by atoms with Crippen molar-refractivity contribution in [3.63, 3.8) is 0 Å². The number of benzene rings is 2. The summed E-state index contributed by atoms with van der Waals surface area (Å²) in [5.41, 5.74) is 3.24. The summed E-state index contributed by atoms with van der Waals surface area (Å²) in [6.07, 6.45) is 0.771. The summed E-state index contributed by atoms with van der Waals surface area (Å²) in [5, 5.41) is 3.21. The summed E-state index contributed by atoms with van der Waals surface area (Å²) in [6.45, 7) is 4.37. The van der Waals surface area contributed by atoms with Crippen LogP contribution < -0.4 is 5.32 Å². The van der Waals surface area contributed by atoms with Crippen molar-refractivity contribution in [1.29, 1.82) is 0 Å². The van der Waals surface area contributed by atoms with Crippen LogP contribution in [0.1, 0.15) is 42.5 Å². The van der Waals surface area contributed by atoms with Crippen LogP contribution in [-0.4, -0.2) is 7.05 Å². The van der Waals surface area contributed by atoms with E-state index in [2.05, 4.69) is 59.4 Å². The third kappa shape index (κ3) is 4.14. The van der Waals surface area contributed by atoms with E-state index in [0.29, 0.717) is 11.5 Å². The lowest BCUT2D eigenvalue weighted by Crippen LogP contribution is -2.20. The maximum Gasteiger partial charge on any atom is 0.129 e. The molecule has 112 valence electrons. The first-order valence-electron chi connectivity index (χ1n) is 7.22. The van der Waals surface area contributed by atoms with Crippen molar-refractivity contribution in [3.05, 3.63) is 69.4 Å². The predicted octanol–water partition coefficient (Wildman–Crippen LogP) is 5.21. The molecule has 1 N–H and O–H groups in total. The Balaban J connectivity index is 2.18. The van der Waals surface area contributed by atoms with Crippen LogP contribution in [0.4, 0.5) is 4.39 Å². The van der Waals surface area contributed by atoms with Crippen LogP contribution in [0.3, 0.4) is 0 Å². The highest BCUT2D eigenvalue weighted by Gasteiger charge is 2.15. The van der Waals surface area contributed by atoms with E-state index < -0.39 is 0 Å². The van der Waals surface area contributed by atoms with Crippen LogP contribution in [0.15, 0.2) is 46.9 Å². The van der Waals surface area contributed by atoms with Gasteiger partial charge in [0, 0.05) is 16.1 Å². The minimum absolute atomic E-state index is 0.0250. The molecule has 1 nitrogen and oxygen atoms in total. The maximum absolute atomic E-state index is 14.1. The second kappa shape index (κ2) is 7.19. The SMILES string of the molecule is CNC(Cc1ccc(C(C)C)cc1)c1ccc(Br)cc1F. The lowest BCUT2D eigenvalue weighted by Gasteiger charge is -2.18. The summed E-state index contributed by atoms with van der Waals surface area (Å²) < 4.78 is 14.9. The van der Waals surface area contributed by atoms with Crippen LogP contribution in [0.2, 0.25) is 0 Å². The molecular weight excluding hydrogens is 329 g/mol. The minimum atomic E-state index is -0.178. The molecule has 0 aliphatic rings. The Morgan fingerprint density at radius 1 is 1.10 bits per heavy atom. The molecule has 0 amide bonds. The Morgan fingerprint density at radius 2 is 1.76 bits per heavy atom. The topological polar surface area (TPSA) is 12.0 Å². The first-order valence-corrected chi connectivity index (χ1v) is 8.01. The molecular formula is C18H21BrFN. The Bertz CT molecular complexity index is 593. The third-order valence-electron chi connectivity index (χ3n) is 3.77. The van der Waals surface area contributed by atoms with Crippen LogP contribution >= 0.6 is 15.9 Å². The Labute approximate surface area is 134 Å². The van der Waals surface area contributed by atoms with Gasteiger partial charge in [-0.1, -0.05) is 60.1 Å². The Kier molecular flexibility index (Phi) is 5.54. The molecule has 0 aliphatic heterocycles. The highest BCUT2D eigenvalue weighted by molar-refractivity contribution is 9.10. The zero-order chi connectivity index (χ0) is 15.4. The fourth-order valence-corrected chi connectivity index (χ4v) is 2.76. The molecule has 0 bridgehead atoms. The van der Waals surface area contributed by atoms with Crippen molar-refractivity contribution in [2.24, 2.45) is 0 Å². The monoisotopic (exact) mass is 349 g/mol. The summed E-state index contributed by atoms with van der Waals surface area (Å²) in [6, 6.07) is 13.8. The van der Waals surface area contributed by atoms with Crippen molar-refractivity contribution in [2.45, 2.75) is 32.2 Å². The molecule has 0 spiro atoms. The van der Waals surface area contributed by atoms with E-state index in [1.165, 1.54) is 17.2 Å². The van der Waals surface area contributed by atoms with Gasteiger partial charge in [0.05, 0.1) is 0 Å². The zero-order valence-corrected chi connectivity index (χ0v) is 14.2. The fourth-order valence-electron chi connectivity index (χ4n) is 2.43. The molecule has 2 rings (SSSR count). The molecule has 0 aromatic heterocycles. The van der Waals surface area contributed by atoms with Gasteiger partial charge < -0.3 is 5.32 Å². The van der Waals surface area contributed by atoms with Gasteiger partial charge in [0.2, 0.25) is 0 Å². The molecule has 3 heteroatoms. The molecule has 0 saturated heterocycles. The van der Waals surface area contributed by atoms with E-state index in [1.807, 2.05) is 19.2 Å². The number of halogens is 2. The van der Waals surface area contributed by atoms with Gasteiger partial charge >= 0.3 is 0 Å². The first-order chi connectivity index (χ1) is 10.0. The van der Waals surface area contributed by atoms with Gasteiger partial charge in [-0.15, -0.1) is 0 Å². The van der Waals surface area contributed by atoms with Gasteiger partial charge in [-0.25, -0.2) is 4.39 Å². The predicted molar refractivity (Wildman–Crippen MR) is 90.1 cm³/mol. The van der Waals surface area contributed by atoms with Crippen molar-refractivity contribution < 1.29 is 4.39 Å². The van der Waals surface area contributed by atoms with Gasteiger partial charge in [0.25, 0.3) is 0 Å². The zero-order valence-electron chi connectivity index (χ0n) is 12.7. The first kappa shape index (κ1) is 16.2. The van der Waals surface area contributed by atoms with Gasteiger partial charge in [-0.3, -0.25) is 0 Å². The quantitative estimate of drug-likeness (QED) is 0.780. The summed E-state index contributed by atoms with van der Waals surface area (Å²) >= 11 is 3.30. The number of hydrogen-bond donors (Lipinski definition) is 1. The van der Waals surface area contributed by atoms with Gasteiger partial charge in [0.1, 0.15) is 5.82 Å². The lowest BCUT2D eigenvalue weighted by molar-refractivity contribution is 0.533. The largest absolute Gasteiger partial charge is 0.313 e. The summed E-state index contributed by atoms with van der Waals surface area (Å²) in [4.78, 5) is 0. The molecule has 0 aliphatic carbocycles. The van der Waals surface area contributed by atoms with E-state index in [1.54, 1.807) is 0 Å². The normalized spacial score (nSPS) is 12.7. The van der Waals surface area contributed by atoms with E-state index in [4.69, 9.17) is 0 Å². The average Bonchev–Trinajstić information content (AvgIpc) is 2.46. The molecule has 0 fully saturated rings. The Hall–Kier alpha value is -1.19. The van der Waals surface area contributed by atoms with Crippen molar-refractivity contribution >= 4 is 15.9 Å². The van der Waals surface area contributed by atoms with Gasteiger partial charge in [-0.2, -0.15) is 0 Å². The molecule has 1 unspecified atom stereocenters. The average molecular weight is 350 g/mol. The smallest absolute Gasteiger partial charge is 0.129 e. The second-order valence-electron chi connectivity index (χ2n) is 5.61. The van der Waals surface area contributed by atoms with Crippen LogP contribution in [0, 0.1) is 5.82 Å². The van der Waals surface area contributed by atoms with Crippen LogP contribution in [0.25, 0.3) is 0 Å². The van der Waals surface area contributed by atoms with Gasteiger partial charge in [-0.05, 0) is 42.6 Å². The molecule has 21 heavy (non-hydrogen) atoms. The number of rotatable bonds is 5.